The van der Waals surface area contributed by atoms with Crippen LogP contribution < -0.4 is 10.2 Å². The zero-order valence-corrected chi connectivity index (χ0v) is 16.9. The van der Waals surface area contributed by atoms with Crippen molar-refractivity contribution in [1.82, 2.24) is 9.88 Å². The van der Waals surface area contributed by atoms with E-state index in [1.54, 1.807) is 30.5 Å². The monoisotopic (exact) mass is 400 g/mol. The van der Waals surface area contributed by atoms with Crippen LogP contribution in [-0.2, 0) is 4.79 Å². The average Bonchev–Trinajstić information content (AvgIpc) is 2.94. The molecule has 28 heavy (non-hydrogen) atoms. The van der Waals surface area contributed by atoms with Gasteiger partial charge < -0.3 is 15.1 Å². The molecule has 1 aromatic carbocycles. The molecule has 0 bridgehead atoms. The molecule has 1 aliphatic heterocycles. The second kappa shape index (κ2) is 9.06. The Labute approximate surface area is 170 Å². The van der Waals surface area contributed by atoms with E-state index in [0.29, 0.717) is 35.9 Å². The van der Waals surface area contributed by atoms with Crippen molar-refractivity contribution in [3.05, 3.63) is 53.2 Å². The van der Waals surface area contributed by atoms with E-state index in [1.165, 1.54) is 0 Å². The smallest absolute Gasteiger partial charge is 0.253 e. The van der Waals surface area contributed by atoms with Crippen LogP contribution in [0.15, 0.2) is 42.6 Å². The third-order valence-corrected chi connectivity index (χ3v) is 4.95. The molecule has 0 saturated carbocycles. The molecule has 1 N–H and O–H groups in total. The standard InChI is InChI=1S/C21H25ClN4O2/c1-15(2)20(27)24-18-7-8-19(23-14-18)25-9-4-10-26(12-11-25)21(28)16-5-3-6-17(22)13-16/h3,5-8,13-15H,4,9-12H2,1-2H3,(H,24,27). The minimum atomic E-state index is -0.0756. The fourth-order valence-electron chi connectivity index (χ4n) is 3.09. The Morgan fingerprint density at radius 1 is 1.11 bits per heavy atom. The van der Waals surface area contributed by atoms with E-state index in [0.717, 1.165) is 18.8 Å². The number of pyridine rings is 1. The van der Waals surface area contributed by atoms with Crippen LogP contribution in [0.3, 0.4) is 0 Å². The maximum atomic E-state index is 12.7. The largest absolute Gasteiger partial charge is 0.355 e. The van der Waals surface area contributed by atoms with Crippen LogP contribution in [0.5, 0.6) is 0 Å². The summed E-state index contributed by atoms with van der Waals surface area (Å²) in [7, 11) is 0. The molecule has 0 aliphatic carbocycles. The number of anilines is 2. The number of hydrogen-bond acceptors (Lipinski definition) is 4. The van der Waals surface area contributed by atoms with Gasteiger partial charge in [0.25, 0.3) is 5.91 Å². The number of aromatic nitrogens is 1. The van der Waals surface area contributed by atoms with E-state index in [1.807, 2.05) is 30.9 Å². The van der Waals surface area contributed by atoms with Crippen LogP contribution in [0.1, 0.15) is 30.6 Å². The molecule has 6 nitrogen and oxygen atoms in total. The highest BCUT2D eigenvalue weighted by atomic mass is 35.5. The first kappa shape index (κ1) is 20.1. The van der Waals surface area contributed by atoms with E-state index < -0.39 is 0 Å². The summed E-state index contributed by atoms with van der Waals surface area (Å²) in [5.74, 6) is 0.747. The molecule has 0 unspecified atom stereocenters. The quantitative estimate of drug-likeness (QED) is 0.850. The van der Waals surface area contributed by atoms with Crippen LogP contribution in [0.4, 0.5) is 11.5 Å². The molecule has 7 heteroatoms. The molecule has 2 aromatic rings. The zero-order chi connectivity index (χ0) is 20.1. The highest BCUT2D eigenvalue weighted by Gasteiger charge is 2.21. The van der Waals surface area contributed by atoms with Crippen molar-refractivity contribution in [1.29, 1.82) is 0 Å². The third-order valence-electron chi connectivity index (χ3n) is 4.72. The second-order valence-corrected chi connectivity index (χ2v) is 7.63. The lowest BCUT2D eigenvalue weighted by Crippen LogP contribution is -2.35. The van der Waals surface area contributed by atoms with Crippen molar-refractivity contribution in [3.8, 4) is 0 Å². The Morgan fingerprint density at radius 3 is 2.61 bits per heavy atom. The van der Waals surface area contributed by atoms with E-state index >= 15 is 0 Å². The van der Waals surface area contributed by atoms with Crippen LogP contribution in [0.25, 0.3) is 0 Å². The summed E-state index contributed by atoms with van der Waals surface area (Å²) in [6.07, 6.45) is 2.54. The molecule has 1 aliphatic rings. The first-order valence-corrected chi connectivity index (χ1v) is 9.88. The van der Waals surface area contributed by atoms with Crippen molar-refractivity contribution in [3.63, 3.8) is 0 Å². The zero-order valence-electron chi connectivity index (χ0n) is 16.2. The minimum absolute atomic E-state index is 0.00375. The molecule has 3 rings (SSSR count). The molecular weight excluding hydrogens is 376 g/mol. The lowest BCUT2D eigenvalue weighted by molar-refractivity contribution is -0.118. The van der Waals surface area contributed by atoms with Gasteiger partial charge in [0.05, 0.1) is 11.9 Å². The summed E-state index contributed by atoms with van der Waals surface area (Å²) >= 11 is 6.01. The highest BCUT2D eigenvalue weighted by molar-refractivity contribution is 6.30. The van der Waals surface area contributed by atoms with E-state index in [9.17, 15) is 9.59 Å². The number of halogens is 1. The van der Waals surface area contributed by atoms with E-state index in [2.05, 4.69) is 15.2 Å². The van der Waals surface area contributed by atoms with Gasteiger partial charge >= 0.3 is 0 Å². The Hall–Kier alpha value is -2.60. The summed E-state index contributed by atoms with van der Waals surface area (Å²) in [5.41, 5.74) is 1.30. The van der Waals surface area contributed by atoms with Gasteiger partial charge in [-0.15, -0.1) is 0 Å². The highest BCUT2D eigenvalue weighted by Crippen LogP contribution is 2.18. The molecule has 0 atom stereocenters. The Morgan fingerprint density at radius 2 is 1.93 bits per heavy atom. The van der Waals surface area contributed by atoms with Crippen molar-refractivity contribution in [2.75, 3.05) is 36.4 Å². The topological polar surface area (TPSA) is 65.5 Å². The fraction of sp³-hybridized carbons (Fsp3) is 0.381. The molecular formula is C21H25ClN4O2. The molecule has 0 radical (unpaired) electrons. The number of carbonyl (C=O) groups excluding carboxylic acids is 2. The number of benzene rings is 1. The lowest BCUT2D eigenvalue weighted by atomic mass is 10.2. The van der Waals surface area contributed by atoms with Gasteiger partial charge in [-0.1, -0.05) is 31.5 Å². The Balaban J connectivity index is 1.62. The lowest BCUT2D eigenvalue weighted by Gasteiger charge is -2.23. The maximum Gasteiger partial charge on any atom is 0.253 e. The van der Waals surface area contributed by atoms with Crippen molar-refractivity contribution >= 4 is 34.9 Å². The van der Waals surface area contributed by atoms with Crippen LogP contribution in [-0.4, -0.2) is 47.9 Å². The van der Waals surface area contributed by atoms with Crippen LogP contribution >= 0.6 is 11.6 Å². The number of amides is 2. The number of rotatable bonds is 4. The summed E-state index contributed by atoms with van der Waals surface area (Å²) in [4.78, 5) is 33.0. The number of carbonyl (C=O) groups is 2. The molecule has 1 saturated heterocycles. The van der Waals surface area contributed by atoms with Crippen LogP contribution in [0.2, 0.25) is 5.02 Å². The molecule has 2 amide bonds. The average molecular weight is 401 g/mol. The first-order chi connectivity index (χ1) is 13.4. The summed E-state index contributed by atoms with van der Waals surface area (Å²) < 4.78 is 0. The molecule has 1 fully saturated rings. The Bertz CT molecular complexity index is 839. The Kier molecular flexibility index (Phi) is 6.52. The molecule has 1 aromatic heterocycles. The summed E-state index contributed by atoms with van der Waals surface area (Å²) in [6, 6.07) is 10.8. The predicted octanol–water partition coefficient (Wildman–Crippen LogP) is 3.68. The molecule has 0 spiro atoms. The van der Waals surface area contributed by atoms with Crippen molar-refractivity contribution < 1.29 is 9.59 Å². The van der Waals surface area contributed by atoms with E-state index in [-0.39, 0.29) is 17.7 Å². The fourth-order valence-corrected chi connectivity index (χ4v) is 3.28. The predicted molar refractivity (Wildman–Crippen MR) is 112 cm³/mol. The van der Waals surface area contributed by atoms with Gasteiger partial charge in [-0.05, 0) is 36.8 Å². The second-order valence-electron chi connectivity index (χ2n) is 7.19. The van der Waals surface area contributed by atoms with Crippen molar-refractivity contribution in [2.45, 2.75) is 20.3 Å². The number of hydrogen-bond donors (Lipinski definition) is 1. The normalized spacial score (nSPS) is 14.7. The van der Waals surface area contributed by atoms with Gasteiger partial charge in [-0.25, -0.2) is 4.98 Å². The number of nitrogens with zero attached hydrogens (tertiary/aromatic N) is 3. The number of nitrogens with one attached hydrogen (secondary N) is 1. The molecule has 2 heterocycles. The van der Waals surface area contributed by atoms with Gasteiger partial charge in [-0.2, -0.15) is 0 Å². The molecule has 148 valence electrons. The summed E-state index contributed by atoms with van der Waals surface area (Å²) in [5, 5.41) is 3.41. The summed E-state index contributed by atoms with van der Waals surface area (Å²) in [6.45, 7) is 6.56. The first-order valence-electron chi connectivity index (χ1n) is 9.51. The van der Waals surface area contributed by atoms with Gasteiger partial charge in [0.15, 0.2) is 0 Å². The minimum Gasteiger partial charge on any atom is -0.355 e. The maximum absolute atomic E-state index is 12.7. The third kappa shape index (κ3) is 5.01. The van der Waals surface area contributed by atoms with Crippen LogP contribution in [0, 0.1) is 5.92 Å². The SMILES string of the molecule is CC(C)C(=O)Nc1ccc(N2CCCN(C(=O)c3cccc(Cl)c3)CC2)nc1. The van der Waals surface area contributed by atoms with Gasteiger partial charge in [0.2, 0.25) is 5.91 Å². The van der Waals surface area contributed by atoms with Gasteiger partial charge in [0.1, 0.15) is 5.82 Å². The van der Waals surface area contributed by atoms with Crippen molar-refractivity contribution in [2.24, 2.45) is 5.92 Å². The van der Waals surface area contributed by atoms with E-state index in [4.69, 9.17) is 11.6 Å². The van der Waals surface area contributed by atoms with Gasteiger partial charge in [-0.3, -0.25) is 9.59 Å². The van der Waals surface area contributed by atoms with Gasteiger partial charge in [0, 0.05) is 42.7 Å².